The van der Waals surface area contributed by atoms with Gasteiger partial charge in [-0.2, -0.15) is 5.26 Å². The summed E-state index contributed by atoms with van der Waals surface area (Å²) in [5, 5.41) is 12.3. The quantitative estimate of drug-likeness (QED) is 0.641. The van der Waals surface area contributed by atoms with Gasteiger partial charge < -0.3 is 15.1 Å². The summed E-state index contributed by atoms with van der Waals surface area (Å²) in [6, 6.07) is 17.9. The lowest BCUT2D eigenvalue weighted by molar-refractivity contribution is -0.117. The smallest absolute Gasteiger partial charge is 0.263 e. The number of nitrogens with zero attached hydrogens (tertiary/aromatic N) is 3. The zero-order valence-electron chi connectivity index (χ0n) is 15.8. The van der Waals surface area contributed by atoms with Crippen LogP contribution in [0.15, 0.2) is 66.4 Å². The van der Waals surface area contributed by atoms with Crippen LogP contribution in [0.4, 0.5) is 10.1 Å². The molecule has 0 bridgehead atoms. The Morgan fingerprint density at radius 1 is 1.11 bits per heavy atom. The van der Waals surface area contributed by atoms with Gasteiger partial charge in [-0.25, -0.2) is 4.39 Å². The molecule has 2 aromatic carbocycles. The number of hydrogen-bond donors (Lipinski definition) is 1. The van der Waals surface area contributed by atoms with Crippen LogP contribution >= 0.6 is 0 Å². The highest BCUT2D eigenvalue weighted by molar-refractivity contribution is 5.97. The first-order valence-electron chi connectivity index (χ1n) is 9.29. The molecule has 0 saturated carbocycles. The van der Waals surface area contributed by atoms with Crippen LogP contribution in [0.1, 0.15) is 18.5 Å². The summed E-state index contributed by atoms with van der Waals surface area (Å²) < 4.78 is 13.1. The van der Waals surface area contributed by atoms with E-state index in [1.54, 1.807) is 18.3 Å². The summed E-state index contributed by atoms with van der Waals surface area (Å²) in [4.78, 5) is 16.6. The maximum Gasteiger partial charge on any atom is 0.263 e. The lowest BCUT2D eigenvalue weighted by Gasteiger charge is -2.35. The molecular formula is C22H23FN4O. The van der Waals surface area contributed by atoms with Crippen molar-refractivity contribution in [1.29, 1.82) is 5.26 Å². The van der Waals surface area contributed by atoms with Crippen molar-refractivity contribution < 1.29 is 9.18 Å². The van der Waals surface area contributed by atoms with Gasteiger partial charge in [0.1, 0.15) is 17.5 Å². The number of carbonyl (C=O) groups excluding carboxylic acids is 1. The van der Waals surface area contributed by atoms with E-state index in [-0.39, 0.29) is 23.3 Å². The summed E-state index contributed by atoms with van der Waals surface area (Å²) >= 11 is 0. The Labute approximate surface area is 164 Å². The van der Waals surface area contributed by atoms with Crippen molar-refractivity contribution in [2.75, 3.05) is 31.1 Å². The van der Waals surface area contributed by atoms with Gasteiger partial charge in [-0.1, -0.05) is 30.3 Å². The van der Waals surface area contributed by atoms with E-state index in [4.69, 9.17) is 0 Å². The Morgan fingerprint density at radius 2 is 1.75 bits per heavy atom. The van der Waals surface area contributed by atoms with Crippen LogP contribution < -0.4 is 10.2 Å². The molecular weight excluding hydrogens is 355 g/mol. The molecule has 1 N–H and O–H groups in total. The number of nitrogens with one attached hydrogen (secondary N) is 1. The van der Waals surface area contributed by atoms with Crippen molar-refractivity contribution in [2.45, 2.75) is 13.0 Å². The van der Waals surface area contributed by atoms with Crippen molar-refractivity contribution >= 4 is 11.6 Å². The predicted octanol–water partition coefficient (Wildman–Crippen LogP) is 3.23. The van der Waals surface area contributed by atoms with Gasteiger partial charge in [0.05, 0.1) is 6.04 Å². The number of amides is 1. The molecule has 1 unspecified atom stereocenters. The molecule has 0 radical (unpaired) electrons. The minimum absolute atomic E-state index is 0.0954. The summed E-state index contributed by atoms with van der Waals surface area (Å²) in [5.41, 5.74) is 2.05. The fourth-order valence-electron chi connectivity index (χ4n) is 3.18. The zero-order chi connectivity index (χ0) is 19.9. The molecule has 1 atom stereocenters. The van der Waals surface area contributed by atoms with E-state index in [9.17, 15) is 14.4 Å². The van der Waals surface area contributed by atoms with Crippen LogP contribution in [0.2, 0.25) is 0 Å². The fourth-order valence-corrected chi connectivity index (χ4v) is 3.18. The van der Waals surface area contributed by atoms with Gasteiger partial charge in [-0.15, -0.1) is 0 Å². The maximum atomic E-state index is 13.1. The molecule has 28 heavy (non-hydrogen) atoms. The Balaban J connectivity index is 1.58. The first-order valence-corrected chi connectivity index (χ1v) is 9.29. The van der Waals surface area contributed by atoms with Crippen LogP contribution in [0, 0.1) is 17.1 Å². The molecule has 3 rings (SSSR count). The summed E-state index contributed by atoms with van der Waals surface area (Å²) in [5.74, 6) is -0.625. The predicted molar refractivity (Wildman–Crippen MR) is 107 cm³/mol. The molecule has 0 spiro atoms. The Morgan fingerprint density at radius 3 is 2.36 bits per heavy atom. The number of rotatable bonds is 5. The third-order valence-electron chi connectivity index (χ3n) is 4.83. The molecule has 1 saturated heterocycles. The van der Waals surface area contributed by atoms with Crippen molar-refractivity contribution in [3.8, 4) is 6.07 Å². The minimum Gasteiger partial charge on any atom is -0.373 e. The molecule has 1 aliphatic rings. The van der Waals surface area contributed by atoms with Crippen LogP contribution in [0.25, 0.3) is 0 Å². The number of anilines is 1. The van der Waals surface area contributed by atoms with E-state index in [1.807, 2.05) is 48.2 Å². The summed E-state index contributed by atoms with van der Waals surface area (Å²) in [6.07, 6.45) is 1.63. The second-order valence-electron chi connectivity index (χ2n) is 6.76. The number of halogens is 1. The lowest BCUT2D eigenvalue weighted by atomic mass is 10.1. The van der Waals surface area contributed by atoms with Gasteiger partial charge in [0.2, 0.25) is 0 Å². The van der Waals surface area contributed by atoms with Gasteiger partial charge in [-0.3, -0.25) is 4.79 Å². The van der Waals surface area contributed by atoms with E-state index in [0.717, 1.165) is 24.3 Å². The Hall–Kier alpha value is -3.33. The highest BCUT2D eigenvalue weighted by atomic mass is 19.1. The van der Waals surface area contributed by atoms with Crippen LogP contribution in [0.3, 0.4) is 0 Å². The van der Waals surface area contributed by atoms with Gasteiger partial charge in [-0.05, 0) is 36.8 Å². The summed E-state index contributed by atoms with van der Waals surface area (Å²) in [7, 11) is 0. The molecule has 0 aromatic heterocycles. The number of hydrogen-bond acceptors (Lipinski definition) is 4. The molecule has 2 aromatic rings. The van der Waals surface area contributed by atoms with Crippen LogP contribution in [0.5, 0.6) is 0 Å². The third kappa shape index (κ3) is 4.89. The van der Waals surface area contributed by atoms with Crippen LogP contribution in [-0.4, -0.2) is 37.0 Å². The standard InChI is InChI=1S/C22H23FN4O/c1-17(18-5-3-2-4-6-18)25-22(28)19(15-24)16-26-11-13-27(14-12-26)21-9-7-20(23)8-10-21/h2-10,16-17H,11-14H2,1H3,(H,25,28)/b19-16-. The monoisotopic (exact) mass is 378 g/mol. The van der Waals surface area contributed by atoms with Gasteiger partial charge in [0.25, 0.3) is 5.91 Å². The highest BCUT2D eigenvalue weighted by Gasteiger charge is 2.19. The average Bonchev–Trinajstić information content (AvgIpc) is 2.73. The van der Waals surface area contributed by atoms with Crippen molar-refractivity contribution in [3.63, 3.8) is 0 Å². The topological polar surface area (TPSA) is 59.4 Å². The molecule has 1 amide bonds. The summed E-state index contributed by atoms with van der Waals surface area (Å²) in [6.45, 7) is 4.74. The Bertz CT molecular complexity index is 866. The third-order valence-corrected chi connectivity index (χ3v) is 4.83. The highest BCUT2D eigenvalue weighted by Crippen LogP contribution is 2.17. The zero-order valence-corrected chi connectivity index (χ0v) is 15.8. The first-order chi connectivity index (χ1) is 13.6. The lowest BCUT2D eigenvalue weighted by Crippen LogP contribution is -2.44. The molecule has 1 fully saturated rings. The number of benzene rings is 2. The molecule has 144 valence electrons. The van der Waals surface area contributed by atoms with E-state index in [0.29, 0.717) is 13.1 Å². The van der Waals surface area contributed by atoms with Crippen LogP contribution in [-0.2, 0) is 4.79 Å². The first kappa shape index (κ1) is 19.4. The maximum absolute atomic E-state index is 13.1. The van der Waals surface area contributed by atoms with Crippen molar-refractivity contribution in [2.24, 2.45) is 0 Å². The minimum atomic E-state index is -0.375. The van der Waals surface area contributed by atoms with E-state index in [2.05, 4.69) is 10.2 Å². The second-order valence-corrected chi connectivity index (χ2v) is 6.76. The van der Waals surface area contributed by atoms with E-state index < -0.39 is 0 Å². The molecule has 6 heteroatoms. The number of piperazine rings is 1. The van der Waals surface area contributed by atoms with Crippen molar-refractivity contribution in [3.05, 3.63) is 77.8 Å². The molecule has 1 heterocycles. The molecule has 5 nitrogen and oxygen atoms in total. The second kappa shape index (κ2) is 9.05. The number of nitriles is 1. The molecule has 1 aliphatic heterocycles. The van der Waals surface area contributed by atoms with E-state index >= 15 is 0 Å². The number of carbonyl (C=O) groups is 1. The molecule has 0 aliphatic carbocycles. The van der Waals surface area contributed by atoms with Crippen molar-refractivity contribution in [1.82, 2.24) is 10.2 Å². The van der Waals surface area contributed by atoms with Gasteiger partial charge >= 0.3 is 0 Å². The SMILES string of the molecule is CC(NC(=O)/C(C#N)=C\N1CCN(c2ccc(F)cc2)CC1)c1ccccc1. The largest absolute Gasteiger partial charge is 0.373 e. The normalized spacial score (nSPS) is 15.7. The average molecular weight is 378 g/mol. The Kier molecular flexibility index (Phi) is 6.28. The van der Waals surface area contributed by atoms with E-state index in [1.165, 1.54) is 12.1 Å². The fraction of sp³-hybridized carbons (Fsp3) is 0.273. The van der Waals surface area contributed by atoms with Gasteiger partial charge in [0.15, 0.2) is 0 Å². The van der Waals surface area contributed by atoms with Gasteiger partial charge in [0, 0.05) is 38.1 Å².